The number of oxazole rings is 1. The zero-order valence-corrected chi connectivity index (χ0v) is 9.27. The Kier molecular flexibility index (Phi) is 2.41. The van der Waals surface area contributed by atoms with Crippen LogP contribution >= 0.6 is 0 Å². The number of aromatic nitrogens is 1. The monoisotopic (exact) mass is 215 g/mol. The minimum Gasteiger partial charge on any atom is -0.443 e. The lowest BCUT2D eigenvalue weighted by Crippen LogP contribution is -2.27. The van der Waals surface area contributed by atoms with Gasteiger partial charge in [-0.3, -0.25) is 0 Å². The van der Waals surface area contributed by atoms with Crippen LogP contribution in [0.3, 0.4) is 0 Å². The maximum atomic E-state index is 9.03. The lowest BCUT2D eigenvalue weighted by molar-refractivity contribution is 0.393. The summed E-state index contributed by atoms with van der Waals surface area (Å²) >= 11 is 0. The van der Waals surface area contributed by atoms with Crippen molar-refractivity contribution in [2.75, 3.05) is 0 Å². The summed E-state index contributed by atoms with van der Waals surface area (Å²) in [6.45, 7) is 3.64. The van der Waals surface area contributed by atoms with E-state index in [0.717, 1.165) is 11.1 Å². The summed E-state index contributed by atoms with van der Waals surface area (Å²) in [6, 6.07) is 7.44. The molecule has 0 saturated heterocycles. The normalized spacial score (nSPS) is 13.6. The molecule has 1 aromatic heterocycles. The molecule has 1 unspecified atom stereocenters. The second-order valence-electron chi connectivity index (χ2n) is 4.39. The Hall–Kier alpha value is -1.86. The van der Waals surface area contributed by atoms with E-state index >= 15 is 0 Å². The Balaban J connectivity index is 2.44. The zero-order valence-electron chi connectivity index (χ0n) is 9.27. The molecule has 0 aliphatic carbocycles. The van der Waals surface area contributed by atoms with Gasteiger partial charge in [-0.15, -0.1) is 0 Å². The van der Waals surface area contributed by atoms with Crippen molar-refractivity contribution >= 4 is 11.1 Å². The second kappa shape index (κ2) is 3.62. The highest BCUT2D eigenvalue weighted by molar-refractivity contribution is 5.73. The molecule has 4 nitrogen and oxygen atoms in total. The molecule has 0 aliphatic heterocycles. The molecule has 0 bridgehead atoms. The third-order valence-electron chi connectivity index (χ3n) is 2.78. The maximum Gasteiger partial charge on any atom is 0.181 e. The molecule has 82 valence electrons. The Morgan fingerprint density at radius 1 is 1.50 bits per heavy atom. The fraction of sp³-hybridized carbons (Fsp3) is 0.333. The Morgan fingerprint density at radius 2 is 2.25 bits per heavy atom. The Morgan fingerprint density at radius 3 is 2.94 bits per heavy atom. The molecule has 0 saturated carbocycles. The average Bonchev–Trinajstić information content (AvgIpc) is 2.74. The molecule has 1 aromatic carbocycles. The lowest BCUT2D eigenvalue weighted by atomic mass is 9.82. The van der Waals surface area contributed by atoms with Crippen LogP contribution in [-0.4, -0.2) is 4.98 Å². The lowest BCUT2D eigenvalue weighted by Gasteiger charge is -2.24. The van der Waals surface area contributed by atoms with E-state index in [9.17, 15) is 0 Å². The molecule has 0 spiro atoms. The summed E-state index contributed by atoms with van der Waals surface area (Å²) in [5.41, 5.74) is 7.83. The van der Waals surface area contributed by atoms with Crippen molar-refractivity contribution in [3.8, 4) is 6.07 Å². The standard InChI is InChI=1S/C12H13N3O/c1-12(2,6-13)11(14)8-3-4-9-10(5-8)16-7-15-9/h3-5,7,11H,14H2,1-2H3. The second-order valence-corrected chi connectivity index (χ2v) is 4.39. The van der Waals surface area contributed by atoms with E-state index in [1.807, 2.05) is 32.0 Å². The SMILES string of the molecule is CC(C)(C#N)C(N)c1ccc2ncoc2c1. The van der Waals surface area contributed by atoms with Gasteiger partial charge < -0.3 is 10.2 Å². The van der Waals surface area contributed by atoms with Gasteiger partial charge in [0.2, 0.25) is 0 Å². The Bertz CT molecular complexity index is 551. The van der Waals surface area contributed by atoms with E-state index in [-0.39, 0.29) is 6.04 Å². The third kappa shape index (κ3) is 1.66. The molecule has 4 heteroatoms. The van der Waals surface area contributed by atoms with Gasteiger partial charge in [-0.1, -0.05) is 6.07 Å². The first-order valence-corrected chi connectivity index (χ1v) is 5.04. The molecule has 2 aromatic rings. The van der Waals surface area contributed by atoms with E-state index in [0.29, 0.717) is 5.58 Å². The summed E-state index contributed by atoms with van der Waals surface area (Å²) in [4.78, 5) is 4.03. The number of rotatable bonds is 2. The van der Waals surface area contributed by atoms with Gasteiger partial charge in [0.15, 0.2) is 12.0 Å². The highest BCUT2D eigenvalue weighted by Gasteiger charge is 2.27. The van der Waals surface area contributed by atoms with E-state index in [1.165, 1.54) is 6.39 Å². The quantitative estimate of drug-likeness (QED) is 0.834. The summed E-state index contributed by atoms with van der Waals surface area (Å²) in [7, 11) is 0. The molecule has 1 heterocycles. The highest BCUT2D eigenvalue weighted by Crippen LogP contribution is 2.31. The van der Waals surface area contributed by atoms with Crippen LogP contribution in [0.4, 0.5) is 0 Å². The third-order valence-corrected chi connectivity index (χ3v) is 2.78. The summed E-state index contributed by atoms with van der Waals surface area (Å²) in [5, 5.41) is 9.03. The van der Waals surface area contributed by atoms with Crippen LogP contribution in [0.15, 0.2) is 29.0 Å². The van der Waals surface area contributed by atoms with Gasteiger partial charge >= 0.3 is 0 Å². The van der Waals surface area contributed by atoms with Crippen molar-refractivity contribution in [3.05, 3.63) is 30.2 Å². The van der Waals surface area contributed by atoms with Crippen molar-refractivity contribution in [2.45, 2.75) is 19.9 Å². The van der Waals surface area contributed by atoms with Crippen molar-refractivity contribution in [2.24, 2.45) is 11.1 Å². The molecule has 0 aliphatic rings. The number of nitrogens with zero attached hydrogens (tertiary/aromatic N) is 2. The average molecular weight is 215 g/mol. The van der Waals surface area contributed by atoms with E-state index in [2.05, 4.69) is 11.1 Å². The van der Waals surface area contributed by atoms with Gasteiger partial charge in [0.05, 0.1) is 11.5 Å². The number of hydrogen-bond acceptors (Lipinski definition) is 4. The van der Waals surface area contributed by atoms with E-state index in [4.69, 9.17) is 15.4 Å². The first-order valence-electron chi connectivity index (χ1n) is 5.04. The van der Waals surface area contributed by atoms with Gasteiger partial charge in [-0.2, -0.15) is 5.26 Å². The smallest absolute Gasteiger partial charge is 0.181 e. The molecule has 2 rings (SSSR count). The fourth-order valence-corrected chi connectivity index (χ4v) is 1.55. The van der Waals surface area contributed by atoms with Crippen LogP contribution in [-0.2, 0) is 0 Å². The van der Waals surface area contributed by atoms with Crippen molar-refractivity contribution < 1.29 is 4.42 Å². The summed E-state index contributed by atoms with van der Waals surface area (Å²) in [6.07, 6.45) is 1.40. The van der Waals surface area contributed by atoms with Crippen LogP contribution in [0.2, 0.25) is 0 Å². The van der Waals surface area contributed by atoms with Crippen molar-refractivity contribution in [3.63, 3.8) is 0 Å². The largest absolute Gasteiger partial charge is 0.443 e. The molecule has 0 fully saturated rings. The van der Waals surface area contributed by atoms with Gasteiger partial charge in [0.25, 0.3) is 0 Å². The Labute approximate surface area is 93.7 Å². The van der Waals surface area contributed by atoms with Gasteiger partial charge in [0.1, 0.15) is 5.52 Å². The van der Waals surface area contributed by atoms with Gasteiger partial charge in [0, 0.05) is 6.04 Å². The summed E-state index contributed by atoms with van der Waals surface area (Å²) in [5.74, 6) is 0. The van der Waals surface area contributed by atoms with Crippen LogP contribution in [0.5, 0.6) is 0 Å². The number of benzene rings is 1. The summed E-state index contributed by atoms with van der Waals surface area (Å²) < 4.78 is 5.21. The minimum absolute atomic E-state index is 0.341. The molecule has 0 radical (unpaired) electrons. The predicted molar refractivity (Wildman–Crippen MR) is 60.3 cm³/mol. The van der Waals surface area contributed by atoms with Crippen LogP contribution < -0.4 is 5.73 Å². The predicted octanol–water partition coefficient (Wildman–Crippen LogP) is 2.38. The number of nitriles is 1. The van der Waals surface area contributed by atoms with E-state index < -0.39 is 5.41 Å². The minimum atomic E-state index is -0.603. The number of fused-ring (bicyclic) bond motifs is 1. The highest BCUT2D eigenvalue weighted by atomic mass is 16.3. The van der Waals surface area contributed by atoms with Crippen LogP contribution in [0, 0.1) is 16.7 Å². The molecule has 0 amide bonds. The van der Waals surface area contributed by atoms with Gasteiger partial charge in [-0.05, 0) is 31.5 Å². The topological polar surface area (TPSA) is 75.8 Å². The van der Waals surface area contributed by atoms with E-state index in [1.54, 1.807) is 0 Å². The molecule has 1 atom stereocenters. The van der Waals surface area contributed by atoms with Crippen LogP contribution in [0.1, 0.15) is 25.5 Å². The van der Waals surface area contributed by atoms with Crippen molar-refractivity contribution in [1.82, 2.24) is 4.98 Å². The number of nitrogens with two attached hydrogens (primary N) is 1. The first kappa shape index (κ1) is 10.7. The number of hydrogen-bond donors (Lipinski definition) is 1. The van der Waals surface area contributed by atoms with Gasteiger partial charge in [-0.25, -0.2) is 4.98 Å². The zero-order chi connectivity index (χ0) is 11.8. The maximum absolute atomic E-state index is 9.03. The molecular weight excluding hydrogens is 202 g/mol. The fourth-order valence-electron chi connectivity index (χ4n) is 1.55. The molecule has 16 heavy (non-hydrogen) atoms. The molecule has 2 N–H and O–H groups in total. The van der Waals surface area contributed by atoms with Crippen molar-refractivity contribution in [1.29, 1.82) is 5.26 Å². The first-order chi connectivity index (χ1) is 7.54. The molecular formula is C12H13N3O. The van der Waals surface area contributed by atoms with Crippen LogP contribution in [0.25, 0.3) is 11.1 Å².